The van der Waals surface area contributed by atoms with Crippen LogP contribution in [0.5, 0.6) is 5.75 Å². The van der Waals surface area contributed by atoms with Crippen molar-refractivity contribution in [1.29, 1.82) is 0 Å². The molecule has 4 nitrogen and oxygen atoms in total. The number of anilines is 1. The van der Waals surface area contributed by atoms with Crippen molar-refractivity contribution < 1.29 is 14.1 Å². The average Bonchev–Trinajstić information content (AvgIpc) is 2.83. The van der Waals surface area contributed by atoms with E-state index in [0.717, 1.165) is 27.0 Å². The number of methoxy groups -OCH3 is 1. The highest BCUT2D eigenvalue weighted by molar-refractivity contribution is 9.10. The SMILES string of the molecule is COc1cccc(C[S+]([O-])C=C2C(=O)Nc3ccc(Br)cc32)c1. The van der Waals surface area contributed by atoms with Crippen molar-refractivity contribution >= 4 is 44.3 Å². The maximum Gasteiger partial charge on any atom is 0.260 e. The summed E-state index contributed by atoms with van der Waals surface area (Å²) in [5.41, 5.74) is 2.85. The quantitative estimate of drug-likeness (QED) is 0.638. The van der Waals surface area contributed by atoms with Crippen molar-refractivity contribution in [2.24, 2.45) is 0 Å². The molecule has 1 heterocycles. The first kappa shape index (κ1) is 16.1. The molecule has 1 amide bonds. The van der Waals surface area contributed by atoms with Crippen molar-refractivity contribution in [3.8, 4) is 5.75 Å². The van der Waals surface area contributed by atoms with Crippen molar-refractivity contribution in [2.75, 3.05) is 12.4 Å². The number of halogens is 1. The lowest BCUT2D eigenvalue weighted by Gasteiger charge is -2.08. The number of fused-ring (bicyclic) bond motifs is 1. The number of amides is 1. The third kappa shape index (κ3) is 3.60. The van der Waals surface area contributed by atoms with Crippen LogP contribution in [0.4, 0.5) is 5.69 Å². The van der Waals surface area contributed by atoms with E-state index in [9.17, 15) is 9.35 Å². The zero-order chi connectivity index (χ0) is 16.4. The first-order valence-electron chi connectivity index (χ1n) is 6.90. The van der Waals surface area contributed by atoms with Crippen molar-refractivity contribution in [3.63, 3.8) is 0 Å². The lowest BCUT2D eigenvalue weighted by Crippen LogP contribution is -2.07. The maximum atomic E-state index is 12.4. The average molecular weight is 392 g/mol. The molecule has 1 N–H and O–H groups in total. The van der Waals surface area contributed by atoms with Gasteiger partial charge in [0, 0.05) is 21.3 Å². The Kier molecular flexibility index (Phi) is 4.75. The van der Waals surface area contributed by atoms with Gasteiger partial charge in [-0.3, -0.25) is 4.79 Å². The fraction of sp³-hybridized carbons (Fsp3) is 0.118. The van der Waals surface area contributed by atoms with E-state index in [-0.39, 0.29) is 5.91 Å². The Morgan fingerprint density at radius 2 is 2.13 bits per heavy atom. The molecule has 1 unspecified atom stereocenters. The molecule has 0 aromatic heterocycles. The van der Waals surface area contributed by atoms with Crippen LogP contribution in [0.25, 0.3) is 5.57 Å². The monoisotopic (exact) mass is 391 g/mol. The molecule has 0 saturated heterocycles. The van der Waals surface area contributed by atoms with Crippen LogP contribution in [0, 0.1) is 0 Å². The third-order valence-corrected chi connectivity index (χ3v) is 5.07. The van der Waals surface area contributed by atoms with E-state index in [0.29, 0.717) is 11.3 Å². The lowest BCUT2D eigenvalue weighted by atomic mass is 10.1. The fourth-order valence-electron chi connectivity index (χ4n) is 2.38. The van der Waals surface area contributed by atoms with Gasteiger partial charge in [-0.2, -0.15) is 0 Å². The fourth-order valence-corrected chi connectivity index (χ4v) is 3.83. The Bertz CT molecular complexity index is 791. The molecule has 118 valence electrons. The van der Waals surface area contributed by atoms with Gasteiger partial charge in [0.15, 0.2) is 0 Å². The molecule has 1 atom stereocenters. The molecule has 0 radical (unpaired) electrons. The van der Waals surface area contributed by atoms with Gasteiger partial charge in [-0.1, -0.05) is 28.1 Å². The van der Waals surface area contributed by atoms with Gasteiger partial charge in [0.05, 0.1) is 12.7 Å². The number of carbonyl (C=O) groups is 1. The highest BCUT2D eigenvalue weighted by Gasteiger charge is 2.26. The van der Waals surface area contributed by atoms with Crippen LogP contribution >= 0.6 is 15.9 Å². The molecular formula is C17H14BrNO3S. The van der Waals surface area contributed by atoms with E-state index in [2.05, 4.69) is 21.2 Å². The van der Waals surface area contributed by atoms with E-state index >= 15 is 0 Å². The Labute approximate surface area is 145 Å². The summed E-state index contributed by atoms with van der Waals surface area (Å²) in [6.07, 6.45) is 0. The van der Waals surface area contributed by atoms with E-state index < -0.39 is 11.2 Å². The van der Waals surface area contributed by atoms with Crippen molar-refractivity contribution in [3.05, 3.63) is 63.5 Å². The third-order valence-electron chi connectivity index (χ3n) is 3.46. The van der Waals surface area contributed by atoms with Gasteiger partial charge in [0.2, 0.25) is 0 Å². The molecular weight excluding hydrogens is 378 g/mol. The molecule has 0 saturated carbocycles. The predicted molar refractivity (Wildman–Crippen MR) is 95.6 cm³/mol. The Morgan fingerprint density at radius 1 is 1.30 bits per heavy atom. The van der Waals surface area contributed by atoms with Crippen LogP contribution in [0.3, 0.4) is 0 Å². The van der Waals surface area contributed by atoms with Gasteiger partial charge in [0.25, 0.3) is 5.91 Å². The van der Waals surface area contributed by atoms with Gasteiger partial charge in [0.1, 0.15) is 16.9 Å². The first-order chi connectivity index (χ1) is 11.1. The number of benzene rings is 2. The van der Waals surface area contributed by atoms with Crippen molar-refractivity contribution in [1.82, 2.24) is 0 Å². The molecule has 23 heavy (non-hydrogen) atoms. The van der Waals surface area contributed by atoms with Gasteiger partial charge in [-0.15, -0.1) is 0 Å². The summed E-state index contributed by atoms with van der Waals surface area (Å²) in [5.74, 6) is 0.828. The normalized spacial score (nSPS) is 16.1. The molecule has 0 aliphatic carbocycles. The molecule has 1 aliphatic rings. The molecule has 0 bridgehead atoms. The van der Waals surface area contributed by atoms with E-state index in [4.69, 9.17) is 4.74 Å². The summed E-state index contributed by atoms with van der Waals surface area (Å²) in [5, 5.41) is 4.30. The second-order valence-corrected chi connectivity index (χ2v) is 7.25. The standard InChI is InChI=1S/C17H14BrNO3S/c1-22-13-4-2-3-11(7-13)9-23(21)10-15-14-8-12(18)5-6-16(14)19-17(15)20/h2-8,10H,9H2,1H3,(H,19,20). The van der Waals surface area contributed by atoms with Crippen LogP contribution in [0.2, 0.25) is 0 Å². The summed E-state index contributed by atoms with van der Waals surface area (Å²) in [7, 11) is 1.59. The van der Waals surface area contributed by atoms with Crippen LogP contribution in [0.15, 0.2) is 52.3 Å². The molecule has 3 rings (SSSR count). The Hall–Kier alpha value is -1.76. The summed E-state index contributed by atoms with van der Waals surface area (Å²) < 4.78 is 18.4. The Morgan fingerprint density at radius 3 is 2.91 bits per heavy atom. The van der Waals surface area contributed by atoms with Crippen LogP contribution in [0.1, 0.15) is 11.1 Å². The predicted octanol–water partition coefficient (Wildman–Crippen LogP) is 3.70. The molecule has 2 aromatic carbocycles. The summed E-state index contributed by atoms with van der Waals surface area (Å²) in [6.45, 7) is 0. The number of ether oxygens (including phenoxy) is 1. The zero-order valence-corrected chi connectivity index (χ0v) is 14.7. The van der Waals surface area contributed by atoms with Crippen LogP contribution in [-0.4, -0.2) is 17.6 Å². The minimum absolute atomic E-state index is 0.225. The molecule has 2 aromatic rings. The summed E-state index contributed by atoms with van der Waals surface area (Å²) in [6, 6.07) is 12.9. The van der Waals surface area contributed by atoms with Crippen LogP contribution < -0.4 is 10.1 Å². The Balaban J connectivity index is 1.84. The maximum absolute atomic E-state index is 12.4. The molecule has 6 heteroatoms. The second-order valence-electron chi connectivity index (χ2n) is 5.05. The number of hydrogen-bond donors (Lipinski definition) is 1. The minimum Gasteiger partial charge on any atom is -0.612 e. The van der Waals surface area contributed by atoms with E-state index in [1.54, 1.807) is 7.11 Å². The number of nitrogens with one attached hydrogen (secondary N) is 1. The van der Waals surface area contributed by atoms with Crippen LogP contribution in [-0.2, 0) is 21.7 Å². The first-order valence-corrected chi connectivity index (χ1v) is 9.07. The highest BCUT2D eigenvalue weighted by atomic mass is 79.9. The van der Waals surface area contributed by atoms with Gasteiger partial charge < -0.3 is 14.6 Å². The topological polar surface area (TPSA) is 61.4 Å². The second kappa shape index (κ2) is 6.78. The van der Waals surface area contributed by atoms with E-state index in [1.807, 2.05) is 42.5 Å². The molecule has 0 spiro atoms. The lowest BCUT2D eigenvalue weighted by molar-refractivity contribution is -0.110. The minimum atomic E-state index is -1.30. The number of rotatable bonds is 4. The summed E-state index contributed by atoms with van der Waals surface area (Å²) >= 11 is 2.09. The van der Waals surface area contributed by atoms with Gasteiger partial charge >= 0.3 is 0 Å². The molecule has 1 aliphatic heterocycles. The largest absolute Gasteiger partial charge is 0.612 e. The number of hydrogen-bond acceptors (Lipinski definition) is 3. The number of carbonyl (C=O) groups excluding carboxylic acids is 1. The highest BCUT2D eigenvalue weighted by Crippen LogP contribution is 2.34. The van der Waals surface area contributed by atoms with Gasteiger partial charge in [-0.05, 0) is 41.5 Å². The smallest absolute Gasteiger partial charge is 0.260 e. The molecule has 0 fully saturated rings. The summed E-state index contributed by atoms with van der Waals surface area (Å²) in [4.78, 5) is 12.1. The van der Waals surface area contributed by atoms with E-state index in [1.165, 1.54) is 5.41 Å². The zero-order valence-electron chi connectivity index (χ0n) is 12.3. The van der Waals surface area contributed by atoms with Gasteiger partial charge in [-0.25, -0.2) is 0 Å². The van der Waals surface area contributed by atoms with Crippen molar-refractivity contribution in [2.45, 2.75) is 5.75 Å².